The Morgan fingerprint density at radius 3 is 2.47 bits per heavy atom. The van der Waals surface area contributed by atoms with Crippen LogP contribution in [0, 0.1) is 5.92 Å². The van der Waals surface area contributed by atoms with Crippen molar-refractivity contribution < 1.29 is 19.3 Å². The number of fused-ring (bicyclic) bond motifs is 1. The highest BCUT2D eigenvalue weighted by Gasteiger charge is 2.29. The second kappa shape index (κ2) is 11.3. The number of nitrogens with one attached hydrogen (secondary N) is 2. The standard InChI is InChI=1S/C24H34BN3O4/c1-17(2)15-22(25(3)31)27-23(29)21(26-24(30)28-11-13-32-14-12-28)16-19-9-6-8-18-7-4-5-10-20(18)19/h4-10,17,21-22,31H,11-16H2,1-3H3,(H,26,30)(H,27,29)/t21-,22-/m0/s1. The molecule has 1 fully saturated rings. The van der Waals surface area contributed by atoms with Gasteiger partial charge in [0.1, 0.15) is 6.04 Å². The van der Waals surface area contributed by atoms with Gasteiger partial charge in [-0.3, -0.25) is 4.79 Å². The van der Waals surface area contributed by atoms with Crippen LogP contribution in [-0.4, -0.2) is 67.1 Å². The summed E-state index contributed by atoms with van der Waals surface area (Å²) < 4.78 is 5.33. The summed E-state index contributed by atoms with van der Waals surface area (Å²) in [6.45, 7) is 7.08. The Labute approximate surface area is 190 Å². The highest BCUT2D eigenvalue weighted by atomic mass is 16.5. The quantitative estimate of drug-likeness (QED) is 0.552. The lowest BCUT2D eigenvalue weighted by Gasteiger charge is -2.30. The molecule has 1 aliphatic rings. The highest BCUT2D eigenvalue weighted by molar-refractivity contribution is 6.51. The molecule has 3 rings (SSSR count). The van der Waals surface area contributed by atoms with E-state index >= 15 is 0 Å². The van der Waals surface area contributed by atoms with Crippen molar-refractivity contribution in [1.29, 1.82) is 0 Å². The molecule has 1 heterocycles. The second-order valence-electron chi connectivity index (χ2n) is 8.93. The fourth-order valence-corrected chi connectivity index (χ4v) is 4.07. The maximum absolute atomic E-state index is 13.3. The molecule has 0 radical (unpaired) electrons. The maximum atomic E-state index is 13.3. The molecule has 172 valence electrons. The van der Waals surface area contributed by atoms with Crippen LogP contribution in [0.3, 0.4) is 0 Å². The summed E-state index contributed by atoms with van der Waals surface area (Å²) >= 11 is 0. The molecule has 2 aromatic carbocycles. The van der Waals surface area contributed by atoms with Crippen LogP contribution in [0.5, 0.6) is 0 Å². The molecule has 2 atom stereocenters. The summed E-state index contributed by atoms with van der Waals surface area (Å²) in [6.07, 6.45) is 1.01. The maximum Gasteiger partial charge on any atom is 0.318 e. The first kappa shape index (κ1) is 24.1. The molecule has 8 heteroatoms. The lowest BCUT2D eigenvalue weighted by atomic mass is 9.61. The second-order valence-corrected chi connectivity index (χ2v) is 8.93. The minimum atomic E-state index is -0.760. The zero-order valence-corrected chi connectivity index (χ0v) is 19.2. The average Bonchev–Trinajstić information content (AvgIpc) is 2.78. The van der Waals surface area contributed by atoms with E-state index in [-0.39, 0.29) is 17.9 Å². The normalized spacial score (nSPS) is 16.0. The van der Waals surface area contributed by atoms with Gasteiger partial charge in [0.05, 0.1) is 13.2 Å². The molecule has 3 N–H and O–H groups in total. The summed E-state index contributed by atoms with van der Waals surface area (Å²) in [7, 11) is 0. The van der Waals surface area contributed by atoms with Gasteiger partial charge in [-0.05, 0) is 28.7 Å². The van der Waals surface area contributed by atoms with Gasteiger partial charge in [0, 0.05) is 25.5 Å². The zero-order chi connectivity index (χ0) is 23.1. The van der Waals surface area contributed by atoms with Crippen LogP contribution in [0.4, 0.5) is 4.79 Å². The van der Waals surface area contributed by atoms with Crippen LogP contribution in [0.1, 0.15) is 25.8 Å². The third-order valence-corrected chi connectivity index (χ3v) is 5.85. The molecule has 0 bridgehead atoms. The minimum absolute atomic E-state index is 0.272. The lowest BCUT2D eigenvalue weighted by molar-refractivity contribution is -0.123. The van der Waals surface area contributed by atoms with Gasteiger partial charge in [-0.15, -0.1) is 0 Å². The largest absolute Gasteiger partial charge is 0.449 e. The van der Waals surface area contributed by atoms with Crippen molar-refractivity contribution in [3.63, 3.8) is 0 Å². The summed E-state index contributed by atoms with van der Waals surface area (Å²) in [5.41, 5.74) is 0.989. The molecule has 0 saturated carbocycles. The molecule has 1 aliphatic heterocycles. The van der Waals surface area contributed by atoms with E-state index in [1.807, 2.05) is 42.5 Å². The first-order valence-corrected chi connectivity index (χ1v) is 11.4. The predicted molar refractivity (Wildman–Crippen MR) is 128 cm³/mol. The van der Waals surface area contributed by atoms with Crippen LogP contribution in [0.2, 0.25) is 6.82 Å². The van der Waals surface area contributed by atoms with Gasteiger partial charge in [-0.2, -0.15) is 0 Å². The predicted octanol–water partition coefficient (Wildman–Crippen LogP) is 2.48. The number of carbonyl (C=O) groups excluding carboxylic acids is 2. The molecule has 0 unspecified atom stereocenters. The topological polar surface area (TPSA) is 90.9 Å². The number of hydrogen-bond donors (Lipinski definition) is 3. The molecule has 7 nitrogen and oxygen atoms in total. The summed E-state index contributed by atoms with van der Waals surface area (Å²) in [5.74, 6) is -0.349. The first-order valence-electron chi connectivity index (χ1n) is 11.4. The Morgan fingerprint density at radius 2 is 1.78 bits per heavy atom. The molecule has 1 saturated heterocycles. The van der Waals surface area contributed by atoms with E-state index in [2.05, 4.69) is 24.5 Å². The van der Waals surface area contributed by atoms with E-state index in [0.29, 0.717) is 45.1 Å². The Balaban J connectivity index is 1.82. The lowest BCUT2D eigenvalue weighted by Crippen LogP contribution is -2.57. The Morgan fingerprint density at radius 1 is 1.09 bits per heavy atom. The summed E-state index contributed by atoms with van der Waals surface area (Å²) in [5, 5.41) is 18.2. The average molecular weight is 439 g/mol. The molecule has 0 spiro atoms. The number of ether oxygens (including phenoxy) is 1. The van der Waals surface area contributed by atoms with Crippen molar-refractivity contribution in [2.24, 2.45) is 5.92 Å². The Hall–Kier alpha value is -2.58. The Kier molecular flexibility index (Phi) is 8.53. The van der Waals surface area contributed by atoms with Gasteiger partial charge in [-0.1, -0.05) is 63.1 Å². The van der Waals surface area contributed by atoms with Crippen LogP contribution in [-0.2, 0) is 16.0 Å². The van der Waals surface area contributed by atoms with Crippen molar-refractivity contribution in [3.05, 3.63) is 48.0 Å². The fourth-order valence-electron chi connectivity index (χ4n) is 4.07. The first-order chi connectivity index (χ1) is 15.3. The molecule has 32 heavy (non-hydrogen) atoms. The number of nitrogens with zero attached hydrogens (tertiary/aromatic N) is 1. The fraction of sp³-hybridized carbons (Fsp3) is 0.500. The van der Waals surface area contributed by atoms with E-state index in [1.165, 1.54) is 0 Å². The van der Waals surface area contributed by atoms with Crippen LogP contribution in [0.25, 0.3) is 10.8 Å². The summed E-state index contributed by atoms with van der Waals surface area (Å²) in [4.78, 5) is 27.9. The number of benzene rings is 2. The highest BCUT2D eigenvalue weighted by Crippen LogP contribution is 2.20. The van der Waals surface area contributed by atoms with Crippen LogP contribution >= 0.6 is 0 Å². The minimum Gasteiger partial charge on any atom is -0.449 e. The van der Waals surface area contributed by atoms with Gasteiger partial charge in [0.2, 0.25) is 5.91 Å². The SMILES string of the molecule is CB(O)[C@H](CC(C)C)NC(=O)[C@H](Cc1cccc2ccccc12)NC(=O)N1CCOCC1. The van der Waals surface area contributed by atoms with Gasteiger partial charge < -0.3 is 25.3 Å². The number of carbonyl (C=O) groups is 2. The van der Waals surface area contributed by atoms with Gasteiger partial charge in [-0.25, -0.2) is 4.79 Å². The van der Waals surface area contributed by atoms with Gasteiger partial charge in [0.25, 0.3) is 0 Å². The third-order valence-electron chi connectivity index (χ3n) is 5.85. The zero-order valence-electron chi connectivity index (χ0n) is 19.2. The third kappa shape index (κ3) is 6.47. The van der Waals surface area contributed by atoms with Crippen molar-refractivity contribution in [2.45, 2.75) is 45.5 Å². The molecule has 2 aromatic rings. The van der Waals surface area contributed by atoms with Crippen LogP contribution in [0.15, 0.2) is 42.5 Å². The molecular weight excluding hydrogens is 405 g/mol. The van der Waals surface area contributed by atoms with Crippen molar-refractivity contribution >= 4 is 29.6 Å². The summed E-state index contributed by atoms with van der Waals surface area (Å²) in [6, 6.07) is 13.0. The smallest absolute Gasteiger partial charge is 0.318 e. The van der Waals surface area contributed by atoms with Crippen molar-refractivity contribution in [3.8, 4) is 0 Å². The van der Waals surface area contributed by atoms with Crippen molar-refractivity contribution in [1.82, 2.24) is 15.5 Å². The number of urea groups is 1. The molecule has 3 amide bonds. The van der Waals surface area contributed by atoms with E-state index < -0.39 is 13.0 Å². The number of amides is 3. The van der Waals surface area contributed by atoms with E-state index in [9.17, 15) is 14.6 Å². The van der Waals surface area contributed by atoms with Gasteiger partial charge in [0.15, 0.2) is 0 Å². The Bertz CT molecular complexity index is 910. The van der Waals surface area contributed by atoms with E-state index in [0.717, 1.165) is 16.3 Å². The molecular formula is C24H34BN3O4. The van der Waals surface area contributed by atoms with E-state index in [4.69, 9.17) is 4.74 Å². The number of rotatable bonds is 8. The van der Waals surface area contributed by atoms with E-state index in [1.54, 1.807) is 11.7 Å². The molecule has 0 aromatic heterocycles. The van der Waals surface area contributed by atoms with Gasteiger partial charge >= 0.3 is 12.9 Å². The molecule has 0 aliphatic carbocycles. The number of morpholine rings is 1. The number of hydrogen-bond acceptors (Lipinski definition) is 4. The monoisotopic (exact) mass is 439 g/mol. The van der Waals surface area contributed by atoms with Crippen LogP contribution < -0.4 is 10.6 Å². The van der Waals surface area contributed by atoms with Crippen molar-refractivity contribution in [2.75, 3.05) is 26.3 Å².